The van der Waals surface area contributed by atoms with Crippen LogP contribution in [0.25, 0.3) is 10.4 Å². The van der Waals surface area contributed by atoms with Crippen molar-refractivity contribution in [2.24, 2.45) is 5.73 Å². The molecule has 0 bridgehead atoms. The number of nitrogens with zero attached hydrogens (tertiary/aromatic N) is 2. The molecule has 0 fully saturated rings. The monoisotopic (exact) mass is 191 g/mol. The van der Waals surface area contributed by atoms with Gasteiger partial charge in [-0.2, -0.15) is 0 Å². The van der Waals surface area contributed by atoms with Gasteiger partial charge in [0.25, 0.3) is 0 Å². The van der Waals surface area contributed by atoms with Crippen LogP contribution in [0.2, 0.25) is 0 Å². The van der Waals surface area contributed by atoms with Gasteiger partial charge in [-0.05, 0) is 12.1 Å². The van der Waals surface area contributed by atoms with Crippen molar-refractivity contribution >= 4 is 11.3 Å². The van der Waals surface area contributed by atoms with Crippen LogP contribution in [-0.4, -0.2) is 9.97 Å². The summed E-state index contributed by atoms with van der Waals surface area (Å²) >= 11 is 1.68. The molecule has 0 aromatic carbocycles. The highest BCUT2D eigenvalue weighted by Gasteiger charge is 2.01. The van der Waals surface area contributed by atoms with Crippen LogP contribution < -0.4 is 5.73 Å². The third-order valence-electron chi connectivity index (χ3n) is 1.71. The molecule has 0 amide bonds. The first kappa shape index (κ1) is 8.34. The summed E-state index contributed by atoms with van der Waals surface area (Å²) < 4.78 is 0. The lowest BCUT2D eigenvalue weighted by molar-refractivity contribution is 1.11. The van der Waals surface area contributed by atoms with Crippen molar-refractivity contribution in [2.45, 2.75) is 6.54 Å². The van der Waals surface area contributed by atoms with E-state index in [9.17, 15) is 0 Å². The molecule has 0 radical (unpaired) electrons. The lowest BCUT2D eigenvalue weighted by Gasteiger charge is -1.92. The Balaban J connectivity index is 2.36. The van der Waals surface area contributed by atoms with Crippen LogP contribution in [0, 0.1) is 0 Å². The minimum absolute atomic E-state index is 0.596. The Kier molecular flexibility index (Phi) is 2.33. The molecule has 0 aliphatic heterocycles. The molecule has 3 nitrogen and oxygen atoms in total. The van der Waals surface area contributed by atoms with Gasteiger partial charge in [-0.3, -0.25) is 0 Å². The highest BCUT2D eigenvalue weighted by molar-refractivity contribution is 7.15. The molecule has 66 valence electrons. The van der Waals surface area contributed by atoms with Crippen molar-refractivity contribution in [3.8, 4) is 10.4 Å². The fourth-order valence-electron chi connectivity index (χ4n) is 1.07. The lowest BCUT2D eigenvalue weighted by Crippen LogP contribution is -1.91. The maximum absolute atomic E-state index is 5.52. The van der Waals surface area contributed by atoms with Crippen molar-refractivity contribution in [1.29, 1.82) is 0 Å². The molecule has 0 saturated heterocycles. The predicted molar refractivity (Wildman–Crippen MR) is 53.2 cm³/mol. The average Bonchev–Trinajstić information content (AvgIpc) is 2.67. The number of nitrogens with two attached hydrogens (primary N) is 1. The Morgan fingerprint density at radius 3 is 2.62 bits per heavy atom. The average molecular weight is 191 g/mol. The van der Waals surface area contributed by atoms with Gasteiger partial charge in [-0.1, -0.05) is 0 Å². The number of thiophene rings is 1. The summed E-state index contributed by atoms with van der Waals surface area (Å²) in [7, 11) is 0. The maximum atomic E-state index is 5.52. The zero-order valence-electron chi connectivity index (χ0n) is 6.97. The van der Waals surface area contributed by atoms with Crippen LogP contribution in [0.3, 0.4) is 0 Å². The third-order valence-corrected chi connectivity index (χ3v) is 2.86. The van der Waals surface area contributed by atoms with E-state index >= 15 is 0 Å². The summed E-state index contributed by atoms with van der Waals surface area (Å²) in [4.78, 5) is 10.3. The smallest absolute Gasteiger partial charge is 0.115 e. The Labute approximate surface area is 80.3 Å². The van der Waals surface area contributed by atoms with E-state index in [2.05, 4.69) is 9.97 Å². The first-order valence-corrected chi connectivity index (χ1v) is 4.76. The standard InChI is InChI=1S/C9H9N3S/c10-3-8-1-2-9(13-8)7-4-11-6-12-5-7/h1-2,4-6H,3,10H2. The highest BCUT2D eigenvalue weighted by Crippen LogP contribution is 2.26. The van der Waals surface area contributed by atoms with Gasteiger partial charge in [0, 0.05) is 34.3 Å². The Morgan fingerprint density at radius 2 is 2.00 bits per heavy atom. The highest BCUT2D eigenvalue weighted by atomic mass is 32.1. The van der Waals surface area contributed by atoms with Crippen LogP contribution in [-0.2, 0) is 6.54 Å². The molecule has 4 heteroatoms. The van der Waals surface area contributed by atoms with Gasteiger partial charge in [-0.15, -0.1) is 11.3 Å². The Morgan fingerprint density at radius 1 is 1.23 bits per heavy atom. The van der Waals surface area contributed by atoms with E-state index in [0.717, 1.165) is 5.56 Å². The van der Waals surface area contributed by atoms with Crippen molar-refractivity contribution in [3.63, 3.8) is 0 Å². The van der Waals surface area contributed by atoms with E-state index in [1.807, 2.05) is 12.1 Å². The first-order chi connectivity index (χ1) is 6.40. The van der Waals surface area contributed by atoms with E-state index in [1.165, 1.54) is 16.1 Å². The normalized spacial score (nSPS) is 10.2. The second-order valence-electron chi connectivity index (χ2n) is 2.60. The molecule has 0 aliphatic rings. The number of aromatic nitrogens is 2. The number of rotatable bonds is 2. The number of hydrogen-bond acceptors (Lipinski definition) is 4. The fraction of sp³-hybridized carbons (Fsp3) is 0.111. The third kappa shape index (κ3) is 1.74. The van der Waals surface area contributed by atoms with Gasteiger partial charge >= 0.3 is 0 Å². The molecular formula is C9H9N3S. The van der Waals surface area contributed by atoms with Gasteiger partial charge < -0.3 is 5.73 Å². The second-order valence-corrected chi connectivity index (χ2v) is 3.77. The predicted octanol–water partition coefficient (Wildman–Crippen LogP) is 1.66. The minimum atomic E-state index is 0.596. The van der Waals surface area contributed by atoms with Gasteiger partial charge in [0.15, 0.2) is 0 Å². The van der Waals surface area contributed by atoms with Gasteiger partial charge in [0.05, 0.1) is 0 Å². The molecule has 0 saturated carbocycles. The molecule has 0 spiro atoms. The maximum Gasteiger partial charge on any atom is 0.115 e. The molecule has 2 N–H and O–H groups in total. The van der Waals surface area contributed by atoms with Gasteiger partial charge in [0.2, 0.25) is 0 Å². The van der Waals surface area contributed by atoms with E-state index in [0.29, 0.717) is 6.54 Å². The summed E-state index contributed by atoms with van der Waals surface area (Å²) in [6, 6.07) is 4.08. The first-order valence-electron chi connectivity index (χ1n) is 3.94. The minimum Gasteiger partial charge on any atom is -0.326 e. The van der Waals surface area contributed by atoms with E-state index in [1.54, 1.807) is 23.7 Å². The molecule has 0 unspecified atom stereocenters. The van der Waals surface area contributed by atoms with Crippen LogP contribution in [0.1, 0.15) is 4.88 Å². The summed E-state index contributed by atoms with van der Waals surface area (Å²) in [6.45, 7) is 0.596. The van der Waals surface area contributed by atoms with Gasteiger partial charge in [-0.25, -0.2) is 9.97 Å². The van der Waals surface area contributed by atoms with Crippen molar-refractivity contribution < 1.29 is 0 Å². The van der Waals surface area contributed by atoms with E-state index < -0.39 is 0 Å². The van der Waals surface area contributed by atoms with Gasteiger partial charge in [0.1, 0.15) is 6.33 Å². The molecule has 13 heavy (non-hydrogen) atoms. The van der Waals surface area contributed by atoms with Crippen molar-refractivity contribution in [1.82, 2.24) is 9.97 Å². The largest absolute Gasteiger partial charge is 0.326 e. The summed E-state index contributed by atoms with van der Waals surface area (Å²) in [6.07, 6.45) is 5.14. The van der Waals surface area contributed by atoms with E-state index in [-0.39, 0.29) is 0 Å². The molecule has 0 atom stereocenters. The second kappa shape index (κ2) is 3.64. The molecule has 0 aliphatic carbocycles. The molecule has 2 aromatic heterocycles. The summed E-state index contributed by atoms with van der Waals surface area (Å²) in [5, 5.41) is 0. The lowest BCUT2D eigenvalue weighted by atomic mass is 10.3. The molecule has 2 heterocycles. The summed E-state index contributed by atoms with van der Waals surface area (Å²) in [5.41, 5.74) is 6.57. The quantitative estimate of drug-likeness (QED) is 0.785. The topological polar surface area (TPSA) is 51.8 Å². The number of hydrogen-bond donors (Lipinski definition) is 1. The van der Waals surface area contributed by atoms with E-state index in [4.69, 9.17) is 5.73 Å². The van der Waals surface area contributed by atoms with Crippen molar-refractivity contribution in [3.05, 3.63) is 35.7 Å². The SMILES string of the molecule is NCc1ccc(-c2cncnc2)s1. The van der Waals surface area contributed by atoms with Crippen molar-refractivity contribution in [2.75, 3.05) is 0 Å². The van der Waals surface area contributed by atoms with Crippen LogP contribution >= 0.6 is 11.3 Å². The molecule has 2 aromatic rings. The van der Waals surface area contributed by atoms with Crippen LogP contribution in [0.5, 0.6) is 0 Å². The Bertz CT molecular complexity index is 383. The van der Waals surface area contributed by atoms with Crippen LogP contribution in [0.4, 0.5) is 0 Å². The zero-order valence-corrected chi connectivity index (χ0v) is 7.79. The van der Waals surface area contributed by atoms with Crippen LogP contribution in [0.15, 0.2) is 30.9 Å². The fourth-order valence-corrected chi connectivity index (χ4v) is 1.93. The molecular weight excluding hydrogens is 182 g/mol. The molecule has 2 rings (SSSR count). The summed E-state index contributed by atoms with van der Waals surface area (Å²) in [5.74, 6) is 0. The Hall–Kier alpha value is -1.26. The zero-order chi connectivity index (χ0) is 9.10.